The second-order valence-electron chi connectivity index (χ2n) is 6.08. The Kier molecular flexibility index (Phi) is 5.36. The number of hydrogen-bond acceptors (Lipinski definition) is 4. The molecule has 2 amide bonds. The molecule has 0 fully saturated rings. The Balaban J connectivity index is 2.02. The number of nitrogens with one attached hydrogen (secondary N) is 1. The van der Waals surface area contributed by atoms with E-state index in [-0.39, 0.29) is 12.5 Å². The Morgan fingerprint density at radius 3 is 2.20 bits per heavy atom. The minimum Gasteiger partial charge on any atom is -0.345 e. The number of hydrogen-bond donors (Lipinski definition) is 1. The predicted octanol–water partition coefficient (Wildman–Crippen LogP) is 1.24. The zero-order chi connectivity index (χ0) is 18.7. The summed E-state index contributed by atoms with van der Waals surface area (Å²) in [6, 6.07) is 6.90. The molecule has 7 nitrogen and oxygen atoms in total. The van der Waals surface area contributed by atoms with Crippen LogP contribution >= 0.6 is 0 Å². The van der Waals surface area contributed by atoms with Crippen LogP contribution in [0, 0.1) is 13.8 Å². The van der Waals surface area contributed by atoms with Crippen LogP contribution in [-0.4, -0.2) is 46.4 Å². The molecule has 0 saturated heterocycles. The molecule has 1 aromatic carbocycles. The van der Waals surface area contributed by atoms with Crippen LogP contribution in [0.5, 0.6) is 0 Å². The van der Waals surface area contributed by atoms with Gasteiger partial charge in [-0.3, -0.25) is 19.1 Å². The molecule has 0 aliphatic carbocycles. The predicted molar refractivity (Wildman–Crippen MR) is 93.3 cm³/mol. The maximum absolute atomic E-state index is 12.3. The van der Waals surface area contributed by atoms with Gasteiger partial charge in [-0.2, -0.15) is 5.10 Å². The van der Waals surface area contributed by atoms with E-state index in [0.29, 0.717) is 22.5 Å². The smallest absolute Gasteiger partial charge is 0.292 e. The number of ketones is 1. The fourth-order valence-electron chi connectivity index (χ4n) is 2.50. The summed E-state index contributed by atoms with van der Waals surface area (Å²) in [6.45, 7) is 3.66. The van der Waals surface area contributed by atoms with Gasteiger partial charge in [-0.15, -0.1) is 0 Å². The minimum atomic E-state index is -0.673. The van der Waals surface area contributed by atoms with Crippen molar-refractivity contribution < 1.29 is 14.4 Å². The third kappa shape index (κ3) is 3.93. The molecule has 0 aliphatic rings. The number of rotatable bonds is 5. The van der Waals surface area contributed by atoms with Crippen molar-refractivity contribution in [2.24, 2.45) is 7.05 Å². The molecule has 2 aromatic rings. The molecular weight excluding hydrogens is 320 g/mol. The van der Waals surface area contributed by atoms with Crippen molar-refractivity contribution in [2.75, 3.05) is 14.1 Å². The van der Waals surface area contributed by atoms with Crippen LogP contribution in [0.2, 0.25) is 0 Å². The molecule has 0 spiro atoms. The normalized spacial score (nSPS) is 10.4. The molecule has 7 heteroatoms. The molecular formula is C18H22N4O3. The van der Waals surface area contributed by atoms with E-state index in [1.54, 1.807) is 63.9 Å². The summed E-state index contributed by atoms with van der Waals surface area (Å²) in [7, 11) is 5.10. The lowest BCUT2D eigenvalue weighted by atomic mass is 10.1. The van der Waals surface area contributed by atoms with Crippen molar-refractivity contribution in [3.05, 3.63) is 52.3 Å². The zero-order valence-corrected chi connectivity index (χ0v) is 15.1. The fourth-order valence-corrected chi connectivity index (χ4v) is 2.50. The SMILES string of the molecule is Cc1nn(C)c(C)c1C(=O)C(=O)NCc1ccc(C(=O)N(C)C)cc1. The van der Waals surface area contributed by atoms with Gasteiger partial charge in [0, 0.05) is 38.9 Å². The molecule has 0 aliphatic heterocycles. The van der Waals surface area contributed by atoms with Crippen LogP contribution in [0.1, 0.15) is 37.7 Å². The third-order valence-electron chi connectivity index (χ3n) is 4.00. The van der Waals surface area contributed by atoms with E-state index in [9.17, 15) is 14.4 Å². The Morgan fingerprint density at radius 2 is 1.72 bits per heavy atom. The van der Waals surface area contributed by atoms with Crippen LogP contribution in [0.15, 0.2) is 24.3 Å². The number of carbonyl (C=O) groups is 3. The number of amides is 2. The van der Waals surface area contributed by atoms with E-state index in [2.05, 4.69) is 10.4 Å². The zero-order valence-electron chi connectivity index (χ0n) is 15.1. The molecule has 0 bridgehead atoms. The Bertz CT molecular complexity index is 820. The first-order chi connectivity index (χ1) is 11.7. The van der Waals surface area contributed by atoms with Crippen molar-refractivity contribution in [1.29, 1.82) is 0 Å². The molecule has 1 N–H and O–H groups in total. The van der Waals surface area contributed by atoms with Gasteiger partial charge < -0.3 is 10.2 Å². The van der Waals surface area contributed by atoms with Crippen LogP contribution in [0.4, 0.5) is 0 Å². The molecule has 0 atom stereocenters. The third-order valence-corrected chi connectivity index (χ3v) is 4.00. The fraction of sp³-hybridized carbons (Fsp3) is 0.333. The molecule has 0 unspecified atom stereocenters. The van der Waals surface area contributed by atoms with Gasteiger partial charge in [0.15, 0.2) is 0 Å². The summed E-state index contributed by atoms with van der Waals surface area (Å²) >= 11 is 0. The molecule has 0 radical (unpaired) electrons. The van der Waals surface area contributed by atoms with Crippen LogP contribution in [-0.2, 0) is 18.4 Å². The van der Waals surface area contributed by atoms with E-state index in [1.165, 1.54) is 4.90 Å². The highest BCUT2D eigenvalue weighted by molar-refractivity contribution is 6.43. The minimum absolute atomic E-state index is 0.0895. The van der Waals surface area contributed by atoms with Crippen molar-refractivity contribution in [3.63, 3.8) is 0 Å². The highest BCUT2D eigenvalue weighted by Crippen LogP contribution is 2.13. The van der Waals surface area contributed by atoms with Crippen LogP contribution < -0.4 is 5.32 Å². The van der Waals surface area contributed by atoms with Crippen LogP contribution in [0.3, 0.4) is 0 Å². The Hall–Kier alpha value is -2.96. The largest absolute Gasteiger partial charge is 0.345 e. The van der Waals surface area contributed by atoms with Gasteiger partial charge in [-0.1, -0.05) is 12.1 Å². The van der Waals surface area contributed by atoms with E-state index in [1.807, 2.05) is 0 Å². The van der Waals surface area contributed by atoms with Crippen molar-refractivity contribution >= 4 is 17.6 Å². The first-order valence-corrected chi connectivity index (χ1v) is 7.85. The summed E-state index contributed by atoms with van der Waals surface area (Å²) in [5.74, 6) is -1.36. The van der Waals surface area contributed by atoms with Crippen LogP contribution in [0.25, 0.3) is 0 Å². The number of aryl methyl sites for hydroxylation is 2. The van der Waals surface area contributed by atoms with Gasteiger partial charge in [0.1, 0.15) is 0 Å². The summed E-state index contributed by atoms with van der Waals surface area (Å²) < 4.78 is 1.58. The summed E-state index contributed by atoms with van der Waals surface area (Å²) in [5, 5.41) is 6.76. The van der Waals surface area contributed by atoms with E-state index >= 15 is 0 Å². The van der Waals surface area contributed by atoms with Gasteiger partial charge in [0.2, 0.25) is 0 Å². The molecule has 2 rings (SSSR count). The quantitative estimate of drug-likeness (QED) is 0.654. The lowest BCUT2D eigenvalue weighted by Crippen LogP contribution is -2.31. The molecule has 132 valence electrons. The van der Waals surface area contributed by atoms with Gasteiger partial charge in [0.05, 0.1) is 11.3 Å². The molecule has 25 heavy (non-hydrogen) atoms. The topological polar surface area (TPSA) is 84.3 Å². The number of aromatic nitrogens is 2. The lowest BCUT2D eigenvalue weighted by Gasteiger charge is -2.10. The van der Waals surface area contributed by atoms with Gasteiger partial charge in [-0.25, -0.2) is 0 Å². The van der Waals surface area contributed by atoms with Crippen molar-refractivity contribution in [2.45, 2.75) is 20.4 Å². The number of benzene rings is 1. The average molecular weight is 342 g/mol. The Morgan fingerprint density at radius 1 is 1.12 bits per heavy atom. The maximum atomic E-state index is 12.3. The highest BCUT2D eigenvalue weighted by atomic mass is 16.2. The standard InChI is InChI=1S/C18H22N4O3/c1-11-15(12(2)22(5)20-11)16(23)17(24)19-10-13-6-8-14(9-7-13)18(25)21(3)4/h6-9H,10H2,1-5H3,(H,19,24). The van der Waals surface area contributed by atoms with Gasteiger partial charge in [-0.05, 0) is 31.5 Å². The number of Topliss-reactive ketones (excluding diaryl/α,β-unsaturated/α-hetero) is 1. The number of nitrogens with zero attached hydrogens (tertiary/aromatic N) is 3. The molecule has 1 heterocycles. The monoisotopic (exact) mass is 342 g/mol. The first kappa shape index (κ1) is 18.4. The summed E-state index contributed by atoms with van der Waals surface area (Å²) in [6.07, 6.45) is 0. The Labute approximate surface area is 146 Å². The maximum Gasteiger partial charge on any atom is 0.292 e. The second-order valence-corrected chi connectivity index (χ2v) is 6.08. The summed E-state index contributed by atoms with van der Waals surface area (Å²) in [5.41, 5.74) is 2.90. The highest BCUT2D eigenvalue weighted by Gasteiger charge is 2.23. The van der Waals surface area contributed by atoms with Gasteiger partial charge in [0.25, 0.3) is 17.6 Å². The van der Waals surface area contributed by atoms with E-state index in [4.69, 9.17) is 0 Å². The average Bonchev–Trinajstić information content (AvgIpc) is 2.84. The molecule has 1 aromatic heterocycles. The van der Waals surface area contributed by atoms with Crippen molar-refractivity contribution in [1.82, 2.24) is 20.0 Å². The lowest BCUT2D eigenvalue weighted by molar-refractivity contribution is -0.117. The van der Waals surface area contributed by atoms with E-state index in [0.717, 1.165) is 5.56 Å². The first-order valence-electron chi connectivity index (χ1n) is 7.85. The van der Waals surface area contributed by atoms with E-state index < -0.39 is 11.7 Å². The number of carbonyl (C=O) groups excluding carboxylic acids is 3. The molecule has 0 saturated carbocycles. The van der Waals surface area contributed by atoms with Gasteiger partial charge >= 0.3 is 0 Å². The summed E-state index contributed by atoms with van der Waals surface area (Å²) in [4.78, 5) is 37.8. The second kappa shape index (κ2) is 7.29. The van der Waals surface area contributed by atoms with Crippen molar-refractivity contribution in [3.8, 4) is 0 Å².